The smallest absolute Gasteiger partial charge is 0.268 e. The van der Waals surface area contributed by atoms with Crippen LogP contribution in [-0.2, 0) is 0 Å². The van der Waals surface area contributed by atoms with Gasteiger partial charge < -0.3 is 5.11 Å². The minimum absolute atomic E-state index is 0.0903. The summed E-state index contributed by atoms with van der Waals surface area (Å²) >= 11 is 0.757. The van der Waals surface area contributed by atoms with E-state index in [1.807, 2.05) is 0 Å². The molecule has 1 aromatic carbocycles. The molecule has 0 aliphatic carbocycles. The Kier molecular flexibility index (Phi) is 2.11. The van der Waals surface area contributed by atoms with Crippen LogP contribution in [0.25, 0.3) is 10.1 Å². The summed E-state index contributed by atoms with van der Waals surface area (Å²) in [6.07, 6.45) is -2.86. The molecule has 5 heteroatoms. The number of halogens is 3. The van der Waals surface area contributed by atoms with E-state index < -0.39 is 17.8 Å². The number of alkyl halides is 2. The van der Waals surface area contributed by atoms with Crippen molar-refractivity contribution in [3.8, 4) is 5.06 Å². The van der Waals surface area contributed by atoms with Crippen LogP contribution >= 0.6 is 11.3 Å². The number of rotatable bonds is 1. The fourth-order valence-electron chi connectivity index (χ4n) is 1.29. The van der Waals surface area contributed by atoms with Crippen molar-refractivity contribution in [1.29, 1.82) is 0 Å². The Labute approximate surface area is 81.4 Å². The Hall–Kier alpha value is -1.23. The van der Waals surface area contributed by atoms with Crippen LogP contribution in [0.3, 0.4) is 0 Å². The van der Waals surface area contributed by atoms with Gasteiger partial charge in [-0.25, -0.2) is 13.2 Å². The summed E-state index contributed by atoms with van der Waals surface area (Å²) in [5, 5.41) is 9.45. The van der Waals surface area contributed by atoms with Gasteiger partial charge in [-0.1, -0.05) is 17.4 Å². The van der Waals surface area contributed by atoms with Crippen molar-refractivity contribution in [2.24, 2.45) is 0 Å². The molecule has 1 aromatic heterocycles. The molecule has 74 valence electrons. The van der Waals surface area contributed by atoms with Gasteiger partial charge in [0, 0.05) is 4.70 Å². The van der Waals surface area contributed by atoms with Gasteiger partial charge in [-0.05, 0) is 17.5 Å². The van der Waals surface area contributed by atoms with Crippen LogP contribution in [0.15, 0.2) is 18.2 Å². The van der Waals surface area contributed by atoms with Crippen LogP contribution in [0.5, 0.6) is 5.06 Å². The second-order valence-electron chi connectivity index (χ2n) is 2.76. The van der Waals surface area contributed by atoms with Crippen molar-refractivity contribution >= 4 is 21.4 Å². The Morgan fingerprint density at radius 2 is 2.00 bits per heavy atom. The van der Waals surface area contributed by atoms with Crippen molar-refractivity contribution in [2.75, 3.05) is 0 Å². The maximum absolute atomic E-state index is 13.0. The van der Waals surface area contributed by atoms with Crippen LogP contribution in [0.4, 0.5) is 13.2 Å². The number of fused-ring (bicyclic) bond motifs is 1. The molecule has 0 aliphatic heterocycles. The molecule has 0 saturated carbocycles. The molecule has 0 aliphatic rings. The molecular formula is C9H5F3OS. The summed E-state index contributed by atoms with van der Waals surface area (Å²) in [6.45, 7) is 0. The quantitative estimate of drug-likeness (QED) is 0.774. The average Bonchev–Trinajstić information content (AvgIpc) is 2.43. The van der Waals surface area contributed by atoms with Crippen molar-refractivity contribution in [3.63, 3.8) is 0 Å². The van der Waals surface area contributed by atoms with Crippen LogP contribution in [-0.4, -0.2) is 5.11 Å². The molecule has 14 heavy (non-hydrogen) atoms. The summed E-state index contributed by atoms with van der Waals surface area (Å²) in [6, 6.07) is 3.69. The van der Waals surface area contributed by atoms with Crippen molar-refractivity contribution < 1.29 is 18.3 Å². The third-order valence-electron chi connectivity index (χ3n) is 1.88. The lowest BCUT2D eigenvalue weighted by Crippen LogP contribution is -1.89. The first-order chi connectivity index (χ1) is 6.59. The lowest BCUT2D eigenvalue weighted by molar-refractivity contribution is 0.148. The monoisotopic (exact) mass is 218 g/mol. The molecule has 0 bridgehead atoms. The molecule has 0 atom stereocenters. The van der Waals surface area contributed by atoms with E-state index in [0.29, 0.717) is 5.39 Å². The fraction of sp³-hybridized carbons (Fsp3) is 0.111. The summed E-state index contributed by atoms with van der Waals surface area (Å²) in [5.74, 6) is -0.936. The fourth-order valence-corrected chi connectivity index (χ4v) is 2.23. The summed E-state index contributed by atoms with van der Waals surface area (Å²) in [7, 11) is 0. The predicted molar refractivity (Wildman–Crippen MR) is 48.4 cm³/mol. The van der Waals surface area contributed by atoms with E-state index in [1.54, 1.807) is 0 Å². The van der Waals surface area contributed by atoms with E-state index in [-0.39, 0.29) is 9.76 Å². The first-order valence-corrected chi connectivity index (χ1v) is 4.60. The Morgan fingerprint density at radius 1 is 1.29 bits per heavy atom. The molecule has 0 saturated heterocycles. The molecule has 1 heterocycles. The van der Waals surface area contributed by atoms with E-state index in [0.717, 1.165) is 17.4 Å². The van der Waals surface area contributed by atoms with Gasteiger partial charge in [-0.15, -0.1) is 0 Å². The zero-order valence-corrected chi connectivity index (χ0v) is 7.62. The molecule has 1 nitrogen and oxygen atoms in total. The lowest BCUT2D eigenvalue weighted by Gasteiger charge is -2.02. The molecule has 0 spiro atoms. The van der Waals surface area contributed by atoms with Gasteiger partial charge in [0.2, 0.25) is 0 Å². The second kappa shape index (κ2) is 3.16. The van der Waals surface area contributed by atoms with Gasteiger partial charge in [0.15, 0.2) is 5.06 Å². The number of benzene rings is 1. The van der Waals surface area contributed by atoms with E-state index in [4.69, 9.17) is 5.11 Å². The summed E-state index contributed by atoms with van der Waals surface area (Å²) in [4.78, 5) is 0. The lowest BCUT2D eigenvalue weighted by atomic mass is 10.1. The normalized spacial score (nSPS) is 11.4. The van der Waals surface area contributed by atoms with Crippen LogP contribution < -0.4 is 0 Å². The number of hydrogen-bond acceptors (Lipinski definition) is 2. The predicted octanol–water partition coefficient (Wildman–Crippen LogP) is 3.68. The first-order valence-electron chi connectivity index (χ1n) is 3.78. The molecule has 2 rings (SSSR count). The highest BCUT2D eigenvalue weighted by molar-refractivity contribution is 7.20. The Balaban J connectivity index is 2.82. The van der Waals surface area contributed by atoms with Gasteiger partial charge in [-0.3, -0.25) is 0 Å². The maximum atomic E-state index is 13.0. The van der Waals surface area contributed by atoms with Crippen molar-refractivity contribution in [3.05, 3.63) is 29.6 Å². The zero-order chi connectivity index (χ0) is 10.3. The third kappa shape index (κ3) is 1.33. The van der Waals surface area contributed by atoms with Crippen molar-refractivity contribution in [2.45, 2.75) is 6.43 Å². The highest BCUT2D eigenvalue weighted by Crippen LogP contribution is 2.38. The third-order valence-corrected chi connectivity index (χ3v) is 2.86. The molecule has 0 unspecified atom stereocenters. The molecule has 2 aromatic rings. The van der Waals surface area contributed by atoms with E-state index >= 15 is 0 Å². The number of hydrogen-bond donors (Lipinski definition) is 1. The minimum atomic E-state index is -2.86. The second-order valence-corrected chi connectivity index (χ2v) is 3.80. The Morgan fingerprint density at radius 3 is 2.64 bits per heavy atom. The van der Waals surface area contributed by atoms with E-state index in [1.165, 1.54) is 12.1 Å². The summed E-state index contributed by atoms with van der Waals surface area (Å²) < 4.78 is 38.0. The maximum Gasteiger partial charge on any atom is 0.268 e. The molecule has 1 N–H and O–H groups in total. The van der Waals surface area contributed by atoms with E-state index in [2.05, 4.69) is 0 Å². The van der Waals surface area contributed by atoms with Gasteiger partial charge in [0.05, 0.1) is 5.56 Å². The van der Waals surface area contributed by atoms with Gasteiger partial charge in [0.1, 0.15) is 5.82 Å². The molecule has 0 fully saturated rings. The molecular weight excluding hydrogens is 213 g/mol. The van der Waals surface area contributed by atoms with Crippen LogP contribution in [0.2, 0.25) is 0 Å². The Bertz CT molecular complexity index is 478. The summed E-state index contributed by atoms with van der Waals surface area (Å²) in [5.41, 5.74) is -0.632. The largest absolute Gasteiger partial charge is 0.499 e. The molecule has 0 amide bonds. The number of aromatic hydroxyl groups is 1. The van der Waals surface area contributed by atoms with Crippen molar-refractivity contribution in [1.82, 2.24) is 0 Å². The van der Waals surface area contributed by atoms with Crippen LogP contribution in [0, 0.1) is 5.82 Å². The highest BCUT2D eigenvalue weighted by Gasteiger charge is 2.18. The average molecular weight is 218 g/mol. The SMILES string of the molecule is Oc1cc2ccc(F)c(C(F)F)c2s1. The zero-order valence-electron chi connectivity index (χ0n) is 6.80. The van der Waals surface area contributed by atoms with Gasteiger partial charge in [-0.2, -0.15) is 0 Å². The standard InChI is InChI=1S/C9H5F3OS/c10-5-2-1-4-3-6(13)14-8(4)7(5)9(11)12/h1-3,9,13H. The number of thiophene rings is 1. The van der Waals surface area contributed by atoms with Crippen LogP contribution in [0.1, 0.15) is 12.0 Å². The highest BCUT2D eigenvalue weighted by atomic mass is 32.1. The van der Waals surface area contributed by atoms with Gasteiger partial charge in [0.25, 0.3) is 6.43 Å². The minimum Gasteiger partial charge on any atom is -0.499 e. The topological polar surface area (TPSA) is 20.2 Å². The van der Waals surface area contributed by atoms with E-state index in [9.17, 15) is 13.2 Å². The van der Waals surface area contributed by atoms with Gasteiger partial charge >= 0.3 is 0 Å². The first kappa shape index (κ1) is 9.33. The molecule has 0 radical (unpaired) electrons.